The third kappa shape index (κ3) is 31.4. The number of quaternary nitrogens is 1. The van der Waals surface area contributed by atoms with Crippen LogP contribution in [-0.2, 0) is 0 Å². The maximum Gasteiger partial charge on any atom is 0.0786 e. The molecule has 0 bridgehead atoms. The molecule has 0 fully saturated rings. The van der Waals surface area contributed by atoms with E-state index in [9.17, 15) is 0 Å². The highest BCUT2D eigenvalue weighted by Crippen LogP contribution is 2.21. The molecule has 252 valence electrons. The van der Waals surface area contributed by atoms with E-state index in [1.807, 2.05) is 0 Å². The van der Waals surface area contributed by atoms with E-state index < -0.39 is 0 Å². The first kappa shape index (κ1) is 44.2. The SMILES string of the molecule is CCCCCCCCCC[N+](CCCCCCCCCC)(CCCCCCCCCC)CCCCCCCCCC.[B-]. The van der Waals surface area contributed by atoms with E-state index in [1.165, 1.54) is 236 Å². The van der Waals surface area contributed by atoms with E-state index in [0.717, 1.165) is 0 Å². The summed E-state index contributed by atoms with van der Waals surface area (Å²) in [6.07, 6.45) is 46.7. The Morgan fingerprint density at radius 1 is 0.214 bits per heavy atom. The minimum Gasteiger partial charge on any atom is -1.00 e. The summed E-state index contributed by atoms with van der Waals surface area (Å²) in [5.41, 5.74) is 0. The van der Waals surface area contributed by atoms with Gasteiger partial charge in [-0.05, 0) is 51.4 Å². The zero-order valence-corrected chi connectivity index (χ0v) is 30.5. The highest BCUT2D eigenvalue weighted by atomic mass is 15.3. The van der Waals surface area contributed by atoms with Crippen LogP contribution in [0.1, 0.15) is 233 Å². The van der Waals surface area contributed by atoms with Gasteiger partial charge in [-0.2, -0.15) is 0 Å². The molecule has 0 aromatic heterocycles. The normalized spacial score (nSPS) is 11.7. The van der Waals surface area contributed by atoms with Crippen molar-refractivity contribution >= 4 is 8.41 Å². The molecule has 0 aliphatic rings. The lowest BCUT2D eigenvalue weighted by Crippen LogP contribution is -2.50. The second kappa shape index (κ2) is 37.2. The van der Waals surface area contributed by atoms with Crippen molar-refractivity contribution in [2.24, 2.45) is 0 Å². The lowest BCUT2D eigenvalue weighted by Gasteiger charge is -2.40. The lowest BCUT2D eigenvalue weighted by molar-refractivity contribution is -0.929. The molecule has 0 unspecified atom stereocenters. The second-order valence-corrected chi connectivity index (χ2v) is 14.1. The summed E-state index contributed by atoms with van der Waals surface area (Å²) in [6, 6.07) is 0. The van der Waals surface area contributed by atoms with Gasteiger partial charge in [0.2, 0.25) is 0 Å². The van der Waals surface area contributed by atoms with Gasteiger partial charge in [-0.1, -0.05) is 182 Å². The first-order chi connectivity index (χ1) is 20.2. The van der Waals surface area contributed by atoms with Crippen LogP contribution in [0.2, 0.25) is 0 Å². The molecule has 0 amide bonds. The van der Waals surface area contributed by atoms with E-state index >= 15 is 0 Å². The van der Waals surface area contributed by atoms with Crippen LogP contribution in [0.3, 0.4) is 0 Å². The Balaban J connectivity index is 0. The fourth-order valence-electron chi connectivity index (χ4n) is 7.00. The fraction of sp³-hybridized carbons (Fsp3) is 1.00. The summed E-state index contributed by atoms with van der Waals surface area (Å²) in [7, 11) is 0. The molecule has 0 atom stereocenters. The number of rotatable bonds is 36. The molecule has 42 heavy (non-hydrogen) atoms. The zero-order chi connectivity index (χ0) is 30.0. The van der Waals surface area contributed by atoms with Crippen LogP contribution in [-0.4, -0.2) is 39.1 Å². The Bertz CT molecular complexity index is 379. The average Bonchev–Trinajstić information content (AvgIpc) is 2.98. The van der Waals surface area contributed by atoms with Crippen LogP contribution in [0.15, 0.2) is 0 Å². The van der Waals surface area contributed by atoms with E-state index in [2.05, 4.69) is 27.7 Å². The second-order valence-electron chi connectivity index (χ2n) is 14.1. The molecule has 2 heteroatoms. The zero-order valence-electron chi connectivity index (χ0n) is 30.5. The van der Waals surface area contributed by atoms with E-state index in [-0.39, 0.29) is 8.41 Å². The number of unbranched alkanes of at least 4 members (excludes halogenated alkanes) is 28. The topological polar surface area (TPSA) is 0 Å². The van der Waals surface area contributed by atoms with Crippen molar-refractivity contribution in [3.8, 4) is 0 Å². The summed E-state index contributed by atoms with van der Waals surface area (Å²) >= 11 is 0. The number of nitrogens with zero attached hydrogens (tertiary/aromatic N) is 1. The number of hydrogen-bond acceptors (Lipinski definition) is 0. The standard InChI is InChI=1S/C40H84N.B/c1-5-9-13-17-21-25-29-33-37-41(38-34-30-26-22-18-14-10-6-2,39-35-31-27-23-19-15-11-7-3)40-36-32-28-24-20-16-12-8-4;/h5-40H2,1-4H3;/q+1;-1. The number of hydrogen-bond donors (Lipinski definition) is 0. The first-order valence-corrected chi connectivity index (χ1v) is 20.1. The molecule has 0 saturated carbocycles. The van der Waals surface area contributed by atoms with Gasteiger partial charge in [0.05, 0.1) is 26.2 Å². The average molecular weight is 590 g/mol. The predicted molar refractivity (Wildman–Crippen MR) is 196 cm³/mol. The van der Waals surface area contributed by atoms with Gasteiger partial charge in [0.25, 0.3) is 0 Å². The molecular formula is C40H84BN. The van der Waals surface area contributed by atoms with Crippen molar-refractivity contribution in [3.63, 3.8) is 0 Å². The molecule has 1 nitrogen and oxygen atoms in total. The highest BCUT2D eigenvalue weighted by Gasteiger charge is 2.25. The van der Waals surface area contributed by atoms with Crippen LogP contribution in [0.25, 0.3) is 0 Å². The Labute approximate surface area is 271 Å². The van der Waals surface area contributed by atoms with Crippen molar-refractivity contribution in [3.05, 3.63) is 0 Å². The maximum absolute atomic E-state index is 2.34. The molecule has 0 aliphatic heterocycles. The first-order valence-electron chi connectivity index (χ1n) is 20.1. The molecule has 0 N–H and O–H groups in total. The third-order valence-electron chi connectivity index (χ3n) is 9.94. The van der Waals surface area contributed by atoms with Crippen molar-refractivity contribution in [2.45, 2.75) is 233 Å². The van der Waals surface area contributed by atoms with Crippen LogP contribution in [0, 0.1) is 0 Å². The van der Waals surface area contributed by atoms with Gasteiger partial charge in [-0.15, -0.1) is 0 Å². The molecule has 0 rings (SSSR count). The van der Waals surface area contributed by atoms with Gasteiger partial charge in [0, 0.05) is 0 Å². The Hall–Kier alpha value is 0.0249. The Kier molecular flexibility index (Phi) is 39.1. The molecule has 0 saturated heterocycles. The Morgan fingerprint density at radius 2 is 0.357 bits per heavy atom. The minimum absolute atomic E-state index is 0. The quantitative estimate of drug-likeness (QED) is 0.0387. The van der Waals surface area contributed by atoms with Crippen molar-refractivity contribution in [1.82, 2.24) is 0 Å². The molecule has 0 heterocycles. The van der Waals surface area contributed by atoms with E-state index in [0.29, 0.717) is 0 Å². The van der Waals surface area contributed by atoms with Crippen LogP contribution >= 0.6 is 0 Å². The summed E-state index contributed by atoms with van der Waals surface area (Å²) in [5, 5.41) is 0. The summed E-state index contributed by atoms with van der Waals surface area (Å²) in [5.74, 6) is 0. The van der Waals surface area contributed by atoms with Gasteiger partial charge >= 0.3 is 0 Å². The molecule has 0 aromatic rings. The van der Waals surface area contributed by atoms with Gasteiger partial charge in [-0.25, -0.2) is 0 Å². The largest absolute Gasteiger partial charge is 1.00 e. The summed E-state index contributed by atoms with van der Waals surface area (Å²) in [6.45, 7) is 15.3. The maximum atomic E-state index is 2.34. The molecule has 4 radical (unpaired) electrons. The molecule has 0 aromatic carbocycles. The molecule has 0 aliphatic carbocycles. The third-order valence-corrected chi connectivity index (χ3v) is 9.94. The van der Waals surface area contributed by atoms with Crippen molar-refractivity contribution < 1.29 is 4.48 Å². The molecule has 0 spiro atoms. The highest BCUT2D eigenvalue weighted by molar-refractivity contribution is 5.75. The van der Waals surface area contributed by atoms with Gasteiger partial charge < -0.3 is 12.9 Å². The van der Waals surface area contributed by atoms with Gasteiger partial charge in [0.1, 0.15) is 0 Å². The lowest BCUT2D eigenvalue weighted by atomic mass is 10.0. The van der Waals surface area contributed by atoms with Gasteiger partial charge in [0.15, 0.2) is 0 Å². The van der Waals surface area contributed by atoms with E-state index in [1.54, 1.807) is 0 Å². The van der Waals surface area contributed by atoms with Gasteiger partial charge in [-0.3, -0.25) is 0 Å². The Morgan fingerprint density at radius 3 is 0.524 bits per heavy atom. The van der Waals surface area contributed by atoms with Crippen molar-refractivity contribution in [2.75, 3.05) is 26.2 Å². The van der Waals surface area contributed by atoms with Crippen LogP contribution in [0.5, 0.6) is 0 Å². The van der Waals surface area contributed by atoms with Crippen LogP contribution < -0.4 is 0 Å². The van der Waals surface area contributed by atoms with E-state index in [4.69, 9.17) is 0 Å². The predicted octanol–water partition coefficient (Wildman–Crippen LogP) is 14.0. The smallest absolute Gasteiger partial charge is 0.0786 e. The monoisotopic (exact) mass is 590 g/mol. The summed E-state index contributed by atoms with van der Waals surface area (Å²) in [4.78, 5) is 0. The van der Waals surface area contributed by atoms with Crippen molar-refractivity contribution in [1.29, 1.82) is 0 Å². The summed E-state index contributed by atoms with van der Waals surface area (Å²) < 4.78 is 1.48. The molecular weight excluding hydrogens is 505 g/mol. The minimum atomic E-state index is 0. The van der Waals surface area contributed by atoms with Crippen LogP contribution in [0.4, 0.5) is 0 Å². The fourth-order valence-corrected chi connectivity index (χ4v) is 7.00.